The summed E-state index contributed by atoms with van der Waals surface area (Å²) in [5.41, 5.74) is 4.00. The summed E-state index contributed by atoms with van der Waals surface area (Å²) < 4.78 is 10.4. The molecule has 0 aliphatic carbocycles. The number of anilines is 3. The number of hydrogen-bond donors (Lipinski definition) is 0. The Balaban J connectivity index is 1.96. The van der Waals surface area contributed by atoms with Gasteiger partial charge in [-0.1, -0.05) is 38.6 Å². The third-order valence-corrected chi connectivity index (χ3v) is 4.69. The van der Waals surface area contributed by atoms with Gasteiger partial charge in [0.2, 0.25) is 0 Å². The molecule has 32 heavy (non-hydrogen) atoms. The van der Waals surface area contributed by atoms with Crippen molar-refractivity contribution in [3.63, 3.8) is 0 Å². The van der Waals surface area contributed by atoms with Crippen LogP contribution in [-0.4, -0.2) is 11.9 Å². The van der Waals surface area contributed by atoms with Gasteiger partial charge < -0.3 is 14.4 Å². The summed E-state index contributed by atoms with van der Waals surface area (Å²) in [4.78, 5) is 25.0. The highest BCUT2D eigenvalue weighted by atomic mass is 16.5. The maximum atomic E-state index is 11.5. The number of nitrogens with zero attached hydrogens (tertiary/aromatic N) is 1. The number of esters is 2. The van der Waals surface area contributed by atoms with E-state index in [0.29, 0.717) is 11.5 Å². The van der Waals surface area contributed by atoms with Crippen molar-refractivity contribution in [2.45, 2.75) is 19.8 Å². The molecule has 0 aliphatic heterocycles. The number of benzene rings is 3. The summed E-state index contributed by atoms with van der Waals surface area (Å²) in [6, 6.07) is 22.8. The zero-order valence-corrected chi connectivity index (χ0v) is 18.0. The Morgan fingerprint density at radius 2 is 1.09 bits per heavy atom. The average molecular weight is 428 g/mol. The monoisotopic (exact) mass is 427 g/mol. The van der Waals surface area contributed by atoms with Gasteiger partial charge in [0.05, 0.1) is 0 Å². The molecular weight excluding hydrogens is 402 g/mol. The summed E-state index contributed by atoms with van der Waals surface area (Å²) in [5.74, 6) is -0.149. The number of rotatable bonds is 9. The largest absolute Gasteiger partial charge is 0.423 e. The molecule has 0 unspecified atom stereocenters. The molecule has 0 amide bonds. The van der Waals surface area contributed by atoms with Crippen LogP contribution in [0, 0.1) is 0 Å². The number of aryl methyl sites for hydroxylation is 1. The van der Waals surface area contributed by atoms with Gasteiger partial charge in [0.25, 0.3) is 0 Å². The molecule has 3 aromatic carbocycles. The number of hydrogen-bond acceptors (Lipinski definition) is 5. The second-order valence-electron chi connectivity index (χ2n) is 6.99. The summed E-state index contributed by atoms with van der Waals surface area (Å²) >= 11 is 0. The van der Waals surface area contributed by atoms with Crippen LogP contribution in [0.15, 0.2) is 98.1 Å². The Morgan fingerprint density at radius 1 is 0.719 bits per heavy atom. The van der Waals surface area contributed by atoms with E-state index in [9.17, 15) is 9.59 Å². The summed E-state index contributed by atoms with van der Waals surface area (Å²) in [6.45, 7) is 8.98. The van der Waals surface area contributed by atoms with E-state index < -0.39 is 11.9 Å². The predicted molar refractivity (Wildman–Crippen MR) is 127 cm³/mol. The molecule has 0 saturated carbocycles. The molecule has 0 saturated heterocycles. The Morgan fingerprint density at radius 3 is 1.44 bits per heavy atom. The standard InChI is InChI=1S/C27H25NO4/c1-4-7-20-8-10-21(11-9-20)28(22-12-16-24(17-13-22)31-26(29)5-2)23-14-18-25(19-15-23)32-27(30)6-3/h5-6,8-19H,2-4,7H2,1H3. The zero-order valence-electron chi connectivity index (χ0n) is 18.0. The summed E-state index contributed by atoms with van der Waals surface area (Å²) in [6.07, 6.45) is 4.35. The van der Waals surface area contributed by atoms with E-state index in [1.165, 1.54) is 5.56 Å². The normalized spacial score (nSPS) is 10.2. The molecule has 0 radical (unpaired) electrons. The second-order valence-corrected chi connectivity index (χ2v) is 6.99. The van der Waals surface area contributed by atoms with Crippen molar-refractivity contribution >= 4 is 29.0 Å². The lowest BCUT2D eigenvalue weighted by Gasteiger charge is -2.26. The molecule has 0 heterocycles. The third kappa shape index (κ3) is 5.73. The number of carbonyl (C=O) groups excluding carboxylic acids is 2. The fourth-order valence-electron chi connectivity index (χ4n) is 3.19. The minimum Gasteiger partial charge on any atom is -0.423 e. The molecule has 3 rings (SSSR count). The molecule has 162 valence electrons. The topological polar surface area (TPSA) is 55.8 Å². The van der Waals surface area contributed by atoms with Crippen LogP contribution >= 0.6 is 0 Å². The average Bonchev–Trinajstić information content (AvgIpc) is 2.82. The Labute approximate surface area is 188 Å². The molecule has 0 bridgehead atoms. The summed E-state index contributed by atoms with van der Waals surface area (Å²) in [5, 5.41) is 0. The first kappa shape index (κ1) is 22.6. The molecule has 5 heteroatoms. The van der Waals surface area contributed by atoms with Gasteiger partial charge in [0.1, 0.15) is 11.5 Å². The second kappa shape index (κ2) is 10.8. The highest BCUT2D eigenvalue weighted by molar-refractivity contribution is 5.84. The van der Waals surface area contributed by atoms with E-state index in [2.05, 4.69) is 49.2 Å². The third-order valence-electron chi connectivity index (χ3n) is 4.69. The van der Waals surface area contributed by atoms with Crippen LogP contribution in [0.3, 0.4) is 0 Å². The Bertz CT molecular complexity index is 1020. The SMILES string of the molecule is C=CC(=O)Oc1ccc(N(c2ccc(CCC)cc2)c2ccc(OC(=O)C=C)cc2)cc1. The van der Waals surface area contributed by atoms with Gasteiger partial charge in [-0.15, -0.1) is 0 Å². The Kier molecular flexibility index (Phi) is 7.60. The zero-order chi connectivity index (χ0) is 22.9. The maximum Gasteiger partial charge on any atom is 0.335 e. The smallest absolute Gasteiger partial charge is 0.335 e. The van der Waals surface area contributed by atoms with Crippen LogP contribution in [0.25, 0.3) is 0 Å². The maximum absolute atomic E-state index is 11.5. The number of ether oxygens (including phenoxy) is 2. The van der Waals surface area contributed by atoms with E-state index in [1.54, 1.807) is 24.3 Å². The molecule has 0 aliphatic rings. The van der Waals surface area contributed by atoms with Gasteiger partial charge in [-0.3, -0.25) is 0 Å². The van der Waals surface area contributed by atoms with Crippen LogP contribution in [0.4, 0.5) is 17.1 Å². The minimum atomic E-state index is -0.509. The molecule has 0 spiro atoms. The first-order valence-electron chi connectivity index (χ1n) is 10.3. The van der Waals surface area contributed by atoms with Crippen LogP contribution in [-0.2, 0) is 16.0 Å². The van der Waals surface area contributed by atoms with Crippen LogP contribution in [0.1, 0.15) is 18.9 Å². The van der Waals surface area contributed by atoms with E-state index >= 15 is 0 Å². The first-order valence-corrected chi connectivity index (χ1v) is 10.3. The molecule has 0 fully saturated rings. The van der Waals surface area contributed by atoms with Gasteiger partial charge in [-0.05, 0) is 72.6 Å². The predicted octanol–water partition coefficient (Wildman–Crippen LogP) is 6.29. The lowest BCUT2D eigenvalue weighted by molar-refractivity contribution is -0.129. The van der Waals surface area contributed by atoms with Gasteiger partial charge in [-0.2, -0.15) is 0 Å². The minimum absolute atomic E-state index is 0.434. The first-order chi connectivity index (χ1) is 15.5. The Hall–Kier alpha value is -4.12. The van der Waals surface area contributed by atoms with Crippen LogP contribution in [0.5, 0.6) is 11.5 Å². The van der Waals surface area contributed by atoms with Crippen LogP contribution < -0.4 is 14.4 Å². The molecule has 0 aromatic heterocycles. The van der Waals surface area contributed by atoms with E-state index in [0.717, 1.165) is 42.1 Å². The molecule has 5 nitrogen and oxygen atoms in total. The molecular formula is C27H25NO4. The van der Waals surface area contributed by atoms with Gasteiger partial charge in [0.15, 0.2) is 0 Å². The van der Waals surface area contributed by atoms with Crippen molar-refractivity contribution in [3.8, 4) is 11.5 Å². The van der Waals surface area contributed by atoms with E-state index in [1.807, 2.05) is 24.3 Å². The lowest BCUT2D eigenvalue weighted by Crippen LogP contribution is -2.10. The van der Waals surface area contributed by atoms with Gasteiger partial charge in [0, 0.05) is 29.2 Å². The van der Waals surface area contributed by atoms with Crippen molar-refractivity contribution in [2.24, 2.45) is 0 Å². The van der Waals surface area contributed by atoms with Gasteiger partial charge >= 0.3 is 11.9 Å². The fraction of sp³-hybridized carbons (Fsp3) is 0.111. The highest BCUT2D eigenvalue weighted by Gasteiger charge is 2.14. The fourth-order valence-corrected chi connectivity index (χ4v) is 3.19. The number of carbonyl (C=O) groups is 2. The lowest BCUT2D eigenvalue weighted by atomic mass is 10.1. The van der Waals surface area contributed by atoms with Crippen LogP contribution in [0.2, 0.25) is 0 Å². The van der Waals surface area contributed by atoms with Crippen molar-refractivity contribution in [3.05, 3.63) is 104 Å². The van der Waals surface area contributed by atoms with E-state index in [-0.39, 0.29) is 0 Å². The van der Waals surface area contributed by atoms with Crippen molar-refractivity contribution in [2.75, 3.05) is 4.90 Å². The van der Waals surface area contributed by atoms with Crippen molar-refractivity contribution in [1.29, 1.82) is 0 Å². The molecule has 0 atom stereocenters. The quantitative estimate of drug-likeness (QED) is 0.228. The van der Waals surface area contributed by atoms with Gasteiger partial charge in [-0.25, -0.2) is 9.59 Å². The highest BCUT2D eigenvalue weighted by Crippen LogP contribution is 2.36. The van der Waals surface area contributed by atoms with E-state index in [4.69, 9.17) is 9.47 Å². The molecule has 3 aromatic rings. The van der Waals surface area contributed by atoms with Crippen molar-refractivity contribution in [1.82, 2.24) is 0 Å². The molecule has 0 N–H and O–H groups in total. The summed E-state index contributed by atoms with van der Waals surface area (Å²) in [7, 11) is 0. The van der Waals surface area contributed by atoms with Crippen molar-refractivity contribution < 1.29 is 19.1 Å².